The molecule has 2 heterocycles. The van der Waals surface area contributed by atoms with E-state index in [-0.39, 0.29) is 11.9 Å². The fraction of sp³-hybridized carbons (Fsp3) is 0.214. The lowest BCUT2D eigenvalue weighted by Crippen LogP contribution is -2.42. The van der Waals surface area contributed by atoms with Crippen LogP contribution in [0.3, 0.4) is 0 Å². The lowest BCUT2D eigenvalue weighted by Gasteiger charge is -2.11. The number of carbonyl (C=O) groups excluding carboxylic acids is 2. The Morgan fingerprint density at radius 1 is 1.35 bits per heavy atom. The van der Waals surface area contributed by atoms with Crippen molar-refractivity contribution < 1.29 is 9.59 Å². The normalized spacial score (nSPS) is 17.6. The Morgan fingerprint density at radius 3 is 3.00 bits per heavy atom. The lowest BCUT2D eigenvalue weighted by molar-refractivity contribution is -0.122. The van der Waals surface area contributed by atoms with Gasteiger partial charge in [0, 0.05) is 24.7 Å². The number of amides is 3. The monoisotopic (exact) mass is 270 g/mol. The van der Waals surface area contributed by atoms with Crippen molar-refractivity contribution in [2.75, 3.05) is 6.54 Å². The van der Waals surface area contributed by atoms with Gasteiger partial charge >= 0.3 is 6.03 Å². The molecule has 6 heteroatoms. The largest absolute Gasteiger partial charge is 0.350 e. The Kier molecular flexibility index (Phi) is 3.20. The molecule has 1 atom stereocenters. The highest BCUT2D eigenvalue weighted by Gasteiger charge is 2.26. The van der Waals surface area contributed by atoms with Crippen LogP contribution in [-0.2, 0) is 11.3 Å². The smallest absolute Gasteiger partial charge is 0.315 e. The zero-order valence-corrected chi connectivity index (χ0v) is 10.7. The van der Waals surface area contributed by atoms with Gasteiger partial charge in [-0.05, 0) is 11.6 Å². The van der Waals surface area contributed by atoms with Gasteiger partial charge in [0.1, 0.15) is 6.04 Å². The number of carbonyl (C=O) groups is 2. The van der Waals surface area contributed by atoms with Gasteiger partial charge in [0.25, 0.3) is 0 Å². The van der Waals surface area contributed by atoms with Gasteiger partial charge in [-0.3, -0.25) is 9.78 Å². The molecule has 1 aliphatic heterocycles. The third kappa shape index (κ3) is 2.40. The molecule has 0 radical (unpaired) electrons. The van der Waals surface area contributed by atoms with Gasteiger partial charge in [-0.15, -0.1) is 0 Å². The summed E-state index contributed by atoms with van der Waals surface area (Å²) >= 11 is 0. The maximum Gasteiger partial charge on any atom is 0.315 e. The van der Waals surface area contributed by atoms with Crippen molar-refractivity contribution in [3.63, 3.8) is 0 Å². The van der Waals surface area contributed by atoms with Gasteiger partial charge in [-0.25, -0.2) is 4.79 Å². The molecule has 3 rings (SSSR count). The third-order valence-electron chi connectivity index (χ3n) is 3.26. The van der Waals surface area contributed by atoms with E-state index in [1.54, 1.807) is 6.20 Å². The van der Waals surface area contributed by atoms with Gasteiger partial charge in [0.15, 0.2) is 0 Å². The maximum absolute atomic E-state index is 11.9. The molecule has 6 nitrogen and oxygen atoms in total. The predicted molar refractivity (Wildman–Crippen MR) is 73.9 cm³/mol. The van der Waals surface area contributed by atoms with Gasteiger partial charge < -0.3 is 16.0 Å². The molecule has 1 fully saturated rings. The average molecular weight is 270 g/mol. The second-order valence-electron chi connectivity index (χ2n) is 4.62. The summed E-state index contributed by atoms with van der Waals surface area (Å²) in [7, 11) is 0. The van der Waals surface area contributed by atoms with Crippen LogP contribution in [0, 0.1) is 0 Å². The van der Waals surface area contributed by atoms with Crippen molar-refractivity contribution in [3.05, 3.63) is 42.1 Å². The van der Waals surface area contributed by atoms with Crippen LogP contribution >= 0.6 is 0 Å². The summed E-state index contributed by atoms with van der Waals surface area (Å²) in [4.78, 5) is 27.2. The van der Waals surface area contributed by atoms with Crippen LogP contribution in [0.2, 0.25) is 0 Å². The third-order valence-corrected chi connectivity index (χ3v) is 3.26. The maximum atomic E-state index is 11.9. The molecule has 20 heavy (non-hydrogen) atoms. The first-order valence-corrected chi connectivity index (χ1v) is 6.39. The van der Waals surface area contributed by atoms with Crippen molar-refractivity contribution in [2.45, 2.75) is 12.6 Å². The minimum atomic E-state index is -0.509. The number of rotatable bonds is 3. The molecule has 0 aliphatic carbocycles. The van der Waals surface area contributed by atoms with Crippen LogP contribution in [0.15, 0.2) is 36.5 Å². The van der Waals surface area contributed by atoms with Crippen molar-refractivity contribution in [3.8, 4) is 0 Å². The summed E-state index contributed by atoms with van der Waals surface area (Å²) in [5, 5.41) is 8.96. The van der Waals surface area contributed by atoms with E-state index in [0.717, 1.165) is 16.5 Å². The number of para-hydroxylation sites is 1. The zero-order chi connectivity index (χ0) is 13.9. The fourth-order valence-corrected chi connectivity index (χ4v) is 2.23. The summed E-state index contributed by atoms with van der Waals surface area (Å²) in [6.45, 7) is 0.706. The highest BCUT2D eigenvalue weighted by Crippen LogP contribution is 2.15. The summed E-state index contributed by atoms with van der Waals surface area (Å²) in [6.07, 6.45) is 1.73. The van der Waals surface area contributed by atoms with E-state index >= 15 is 0 Å². The van der Waals surface area contributed by atoms with Gasteiger partial charge in [-0.1, -0.05) is 24.3 Å². The Labute approximate surface area is 115 Å². The van der Waals surface area contributed by atoms with Crippen molar-refractivity contribution >= 4 is 22.8 Å². The molecule has 102 valence electrons. The number of aromatic nitrogens is 1. The molecule has 1 aromatic heterocycles. The molecule has 1 aromatic carbocycles. The fourth-order valence-electron chi connectivity index (χ4n) is 2.23. The quantitative estimate of drug-likeness (QED) is 0.761. The molecular weight excluding hydrogens is 256 g/mol. The average Bonchev–Trinajstić information content (AvgIpc) is 2.91. The number of benzene rings is 1. The number of fused-ring (bicyclic) bond motifs is 1. The number of nitrogens with zero attached hydrogens (tertiary/aromatic N) is 1. The molecule has 1 saturated heterocycles. The summed E-state index contributed by atoms with van der Waals surface area (Å²) in [5.74, 6) is -0.198. The number of nitrogens with one attached hydrogen (secondary N) is 3. The van der Waals surface area contributed by atoms with Crippen molar-refractivity contribution in [1.82, 2.24) is 20.9 Å². The molecule has 0 unspecified atom stereocenters. The molecular formula is C14H14N4O2. The number of urea groups is 1. The van der Waals surface area contributed by atoms with Crippen LogP contribution in [0.1, 0.15) is 5.56 Å². The van der Waals surface area contributed by atoms with Crippen molar-refractivity contribution in [1.29, 1.82) is 0 Å². The number of hydrogen-bond donors (Lipinski definition) is 3. The minimum Gasteiger partial charge on any atom is -0.350 e. The SMILES string of the molecule is O=C1NC[C@H](C(=O)NCc2cccc3cccnc23)N1. The van der Waals surface area contributed by atoms with Crippen LogP contribution in [0.4, 0.5) is 4.79 Å². The van der Waals surface area contributed by atoms with E-state index < -0.39 is 6.04 Å². The second kappa shape index (κ2) is 5.16. The van der Waals surface area contributed by atoms with Crippen LogP contribution in [0.25, 0.3) is 10.9 Å². The van der Waals surface area contributed by atoms with E-state index in [1.165, 1.54) is 0 Å². The first-order chi connectivity index (χ1) is 9.74. The Hall–Kier alpha value is -2.63. The molecule has 3 amide bonds. The highest BCUT2D eigenvalue weighted by atomic mass is 16.2. The van der Waals surface area contributed by atoms with Crippen LogP contribution < -0.4 is 16.0 Å². The topological polar surface area (TPSA) is 83.1 Å². The first-order valence-electron chi connectivity index (χ1n) is 6.39. The standard InChI is InChI=1S/C14H14N4O2/c19-13(11-8-17-14(20)18-11)16-7-10-4-1-3-9-5-2-6-15-12(9)10/h1-6,11H,7-8H2,(H,16,19)(H2,17,18,20)/t11-/m1/s1. The Bertz CT molecular complexity index is 666. The minimum absolute atomic E-state index is 0.198. The van der Waals surface area contributed by atoms with Gasteiger partial charge in [-0.2, -0.15) is 0 Å². The summed E-state index contributed by atoms with van der Waals surface area (Å²) in [5.41, 5.74) is 1.83. The molecule has 0 spiro atoms. The van der Waals surface area contributed by atoms with E-state index in [9.17, 15) is 9.59 Å². The second-order valence-corrected chi connectivity index (χ2v) is 4.62. The number of pyridine rings is 1. The lowest BCUT2D eigenvalue weighted by atomic mass is 10.1. The summed E-state index contributed by atoms with van der Waals surface area (Å²) < 4.78 is 0. The van der Waals surface area contributed by atoms with E-state index in [1.807, 2.05) is 30.3 Å². The Balaban J connectivity index is 1.71. The molecule has 1 aliphatic rings. The predicted octanol–water partition coefficient (Wildman–Crippen LogP) is 0.532. The molecule has 2 aromatic rings. The first kappa shape index (κ1) is 12.4. The van der Waals surface area contributed by atoms with Crippen LogP contribution in [0.5, 0.6) is 0 Å². The highest BCUT2D eigenvalue weighted by molar-refractivity contribution is 5.90. The zero-order valence-electron chi connectivity index (χ0n) is 10.7. The van der Waals surface area contributed by atoms with Gasteiger partial charge in [0.2, 0.25) is 5.91 Å². The van der Waals surface area contributed by atoms with Gasteiger partial charge in [0.05, 0.1) is 5.52 Å². The Morgan fingerprint density at radius 2 is 2.20 bits per heavy atom. The van der Waals surface area contributed by atoms with E-state index in [4.69, 9.17) is 0 Å². The number of hydrogen-bond acceptors (Lipinski definition) is 3. The molecule has 3 N–H and O–H groups in total. The van der Waals surface area contributed by atoms with Crippen LogP contribution in [-0.4, -0.2) is 29.5 Å². The molecule has 0 bridgehead atoms. The van der Waals surface area contributed by atoms with Crippen molar-refractivity contribution in [2.24, 2.45) is 0 Å². The van der Waals surface area contributed by atoms with E-state index in [2.05, 4.69) is 20.9 Å². The molecule has 0 saturated carbocycles. The summed E-state index contributed by atoms with van der Waals surface area (Å²) in [6, 6.07) is 8.89. The van der Waals surface area contributed by atoms with E-state index in [0.29, 0.717) is 13.1 Å².